The molecule has 1 aromatic heterocycles. The van der Waals surface area contributed by atoms with Crippen molar-refractivity contribution in [3.63, 3.8) is 0 Å². The van der Waals surface area contributed by atoms with Gasteiger partial charge in [0.05, 0.1) is 5.69 Å². The smallest absolute Gasteiger partial charge is 0.247 e. The van der Waals surface area contributed by atoms with Gasteiger partial charge < -0.3 is 10.2 Å². The molecule has 1 amide bonds. The Balaban J connectivity index is 2.15. The standard InChI is InChI=1S/C14H11ClFN3O/c1-8-14(20)17-11-6-7-12(15)18-13(11)19(8)10-4-2-9(16)3-5-10/h2-8H,1H3,(H,17,20). The number of fused-ring (bicyclic) bond motifs is 1. The van der Waals surface area contributed by atoms with E-state index in [0.29, 0.717) is 22.3 Å². The first-order valence-electron chi connectivity index (χ1n) is 6.08. The van der Waals surface area contributed by atoms with Crippen molar-refractivity contribution in [3.8, 4) is 0 Å². The lowest BCUT2D eigenvalue weighted by Crippen LogP contribution is -2.44. The highest BCUT2D eigenvalue weighted by Crippen LogP contribution is 2.36. The summed E-state index contributed by atoms with van der Waals surface area (Å²) in [7, 11) is 0. The zero-order valence-electron chi connectivity index (χ0n) is 10.6. The monoisotopic (exact) mass is 291 g/mol. The van der Waals surface area contributed by atoms with Crippen LogP contribution in [0.1, 0.15) is 6.92 Å². The molecule has 1 aliphatic heterocycles. The van der Waals surface area contributed by atoms with Crippen LogP contribution in [0, 0.1) is 5.82 Å². The van der Waals surface area contributed by atoms with Crippen LogP contribution >= 0.6 is 11.6 Å². The van der Waals surface area contributed by atoms with Gasteiger partial charge in [-0.05, 0) is 43.3 Å². The Morgan fingerprint density at radius 1 is 1.25 bits per heavy atom. The molecule has 0 saturated carbocycles. The Kier molecular flexibility index (Phi) is 3.06. The summed E-state index contributed by atoms with van der Waals surface area (Å²) >= 11 is 5.93. The van der Waals surface area contributed by atoms with Gasteiger partial charge >= 0.3 is 0 Å². The van der Waals surface area contributed by atoms with Gasteiger partial charge in [0.2, 0.25) is 5.91 Å². The number of halogens is 2. The predicted octanol–water partition coefficient (Wildman–Crippen LogP) is 3.35. The molecule has 1 N–H and O–H groups in total. The van der Waals surface area contributed by atoms with Gasteiger partial charge in [0.1, 0.15) is 17.0 Å². The maximum Gasteiger partial charge on any atom is 0.247 e. The quantitative estimate of drug-likeness (QED) is 0.820. The van der Waals surface area contributed by atoms with Gasteiger partial charge in [-0.25, -0.2) is 9.37 Å². The lowest BCUT2D eigenvalue weighted by atomic mass is 10.1. The molecule has 0 radical (unpaired) electrons. The molecular formula is C14H11ClFN3O. The molecular weight excluding hydrogens is 281 g/mol. The van der Waals surface area contributed by atoms with Crippen LogP contribution in [0.5, 0.6) is 0 Å². The van der Waals surface area contributed by atoms with Crippen molar-refractivity contribution in [2.75, 3.05) is 10.2 Å². The molecule has 102 valence electrons. The second kappa shape index (κ2) is 4.76. The Bertz CT molecular complexity index is 675. The predicted molar refractivity (Wildman–Crippen MR) is 75.9 cm³/mol. The molecule has 20 heavy (non-hydrogen) atoms. The van der Waals surface area contributed by atoms with Gasteiger partial charge in [0.25, 0.3) is 0 Å². The minimum atomic E-state index is -0.459. The zero-order chi connectivity index (χ0) is 14.3. The van der Waals surface area contributed by atoms with E-state index in [1.54, 1.807) is 36.1 Å². The van der Waals surface area contributed by atoms with Gasteiger partial charge in [0.15, 0.2) is 5.82 Å². The van der Waals surface area contributed by atoms with Crippen LogP contribution in [0.3, 0.4) is 0 Å². The third-order valence-corrected chi connectivity index (χ3v) is 3.41. The fourth-order valence-electron chi connectivity index (χ4n) is 2.19. The SMILES string of the molecule is CC1C(=O)Nc2ccc(Cl)nc2N1c1ccc(F)cc1. The summed E-state index contributed by atoms with van der Waals surface area (Å²) in [5, 5.41) is 3.10. The van der Waals surface area contributed by atoms with Crippen molar-refractivity contribution >= 4 is 34.7 Å². The third-order valence-electron chi connectivity index (χ3n) is 3.20. The maximum absolute atomic E-state index is 13.1. The van der Waals surface area contributed by atoms with Crippen LogP contribution in [0.25, 0.3) is 0 Å². The molecule has 0 fully saturated rings. The molecule has 1 aliphatic rings. The molecule has 1 unspecified atom stereocenters. The fraction of sp³-hybridized carbons (Fsp3) is 0.143. The van der Waals surface area contributed by atoms with Crippen molar-refractivity contribution in [1.82, 2.24) is 4.98 Å². The van der Waals surface area contributed by atoms with Gasteiger partial charge in [-0.15, -0.1) is 0 Å². The van der Waals surface area contributed by atoms with Gasteiger partial charge in [-0.2, -0.15) is 0 Å². The van der Waals surface area contributed by atoms with E-state index in [-0.39, 0.29) is 11.7 Å². The molecule has 0 bridgehead atoms. The summed E-state index contributed by atoms with van der Waals surface area (Å²) in [5.74, 6) is 0.0734. The van der Waals surface area contributed by atoms with Crippen LogP contribution < -0.4 is 10.2 Å². The largest absolute Gasteiger partial charge is 0.321 e. The molecule has 0 spiro atoms. The van der Waals surface area contributed by atoms with Gasteiger partial charge in [0, 0.05) is 5.69 Å². The van der Waals surface area contributed by atoms with E-state index in [4.69, 9.17) is 11.6 Å². The average Bonchev–Trinajstić information content (AvgIpc) is 2.42. The molecule has 2 heterocycles. The van der Waals surface area contributed by atoms with E-state index in [1.807, 2.05) is 0 Å². The Morgan fingerprint density at radius 3 is 2.65 bits per heavy atom. The lowest BCUT2D eigenvalue weighted by Gasteiger charge is -2.35. The van der Waals surface area contributed by atoms with E-state index in [2.05, 4.69) is 10.3 Å². The summed E-state index contributed by atoms with van der Waals surface area (Å²) in [6.45, 7) is 1.75. The van der Waals surface area contributed by atoms with E-state index < -0.39 is 6.04 Å². The van der Waals surface area contributed by atoms with E-state index in [1.165, 1.54) is 12.1 Å². The Labute approximate surface area is 120 Å². The molecule has 1 aromatic carbocycles. The molecule has 2 aromatic rings. The van der Waals surface area contributed by atoms with Crippen LogP contribution in [0.4, 0.5) is 21.6 Å². The summed E-state index contributed by atoms with van der Waals surface area (Å²) in [6, 6.07) is 8.76. The minimum absolute atomic E-state index is 0.147. The number of pyridine rings is 1. The first kappa shape index (κ1) is 12.9. The van der Waals surface area contributed by atoms with Crippen molar-refractivity contribution in [3.05, 3.63) is 47.4 Å². The lowest BCUT2D eigenvalue weighted by molar-refractivity contribution is -0.117. The van der Waals surface area contributed by atoms with Crippen molar-refractivity contribution in [1.29, 1.82) is 0 Å². The maximum atomic E-state index is 13.1. The van der Waals surface area contributed by atoms with E-state index in [9.17, 15) is 9.18 Å². The van der Waals surface area contributed by atoms with E-state index >= 15 is 0 Å². The topological polar surface area (TPSA) is 45.2 Å². The number of hydrogen-bond donors (Lipinski definition) is 1. The molecule has 0 aliphatic carbocycles. The van der Waals surface area contributed by atoms with Crippen LogP contribution in [-0.2, 0) is 4.79 Å². The summed E-state index contributed by atoms with van der Waals surface area (Å²) in [5.41, 5.74) is 1.27. The highest BCUT2D eigenvalue weighted by molar-refractivity contribution is 6.29. The number of nitrogens with one attached hydrogen (secondary N) is 1. The summed E-state index contributed by atoms with van der Waals surface area (Å²) in [4.78, 5) is 18.0. The normalized spacial score (nSPS) is 17.6. The Morgan fingerprint density at radius 2 is 1.95 bits per heavy atom. The number of rotatable bonds is 1. The number of nitrogens with zero attached hydrogens (tertiary/aromatic N) is 2. The highest BCUT2D eigenvalue weighted by Gasteiger charge is 2.31. The molecule has 0 saturated heterocycles. The summed E-state index contributed by atoms with van der Waals surface area (Å²) < 4.78 is 13.1. The zero-order valence-corrected chi connectivity index (χ0v) is 11.4. The molecule has 1 atom stereocenters. The number of carbonyl (C=O) groups is 1. The third kappa shape index (κ3) is 2.10. The number of carbonyl (C=O) groups excluding carboxylic acids is 1. The molecule has 4 nitrogen and oxygen atoms in total. The number of aromatic nitrogens is 1. The second-order valence-corrected chi connectivity index (χ2v) is 4.90. The second-order valence-electron chi connectivity index (χ2n) is 4.52. The minimum Gasteiger partial charge on any atom is -0.321 e. The average molecular weight is 292 g/mol. The summed E-state index contributed by atoms with van der Waals surface area (Å²) in [6.07, 6.45) is 0. The van der Waals surface area contributed by atoms with Crippen molar-refractivity contribution < 1.29 is 9.18 Å². The molecule has 6 heteroatoms. The van der Waals surface area contributed by atoms with E-state index in [0.717, 1.165) is 0 Å². The number of benzene rings is 1. The van der Waals surface area contributed by atoms with Crippen LogP contribution in [-0.4, -0.2) is 16.9 Å². The Hall–Kier alpha value is -2.14. The van der Waals surface area contributed by atoms with Crippen LogP contribution in [0.15, 0.2) is 36.4 Å². The first-order chi connectivity index (χ1) is 9.56. The van der Waals surface area contributed by atoms with Crippen molar-refractivity contribution in [2.24, 2.45) is 0 Å². The van der Waals surface area contributed by atoms with Crippen molar-refractivity contribution in [2.45, 2.75) is 13.0 Å². The number of anilines is 3. The van der Waals surface area contributed by atoms with Gasteiger partial charge in [-0.3, -0.25) is 4.79 Å². The number of hydrogen-bond acceptors (Lipinski definition) is 3. The first-order valence-corrected chi connectivity index (χ1v) is 6.46. The molecule has 3 rings (SSSR count). The fourth-order valence-corrected chi connectivity index (χ4v) is 2.33. The highest BCUT2D eigenvalue weighted by atomic mass is 35.5. The van der Waals surface area contributed by atoms with Crippen LogP contribution in [0.2, 0.25) is 5.15 Å². The van der Waals surface area contributed by atoms with Gasteiger partial charge in [-0.1, -0.05) is 11.6 Å². The number of amides is 1.